The number of nitrogens with one attached hydrogen (secondary N) is 1. The second-order valence-corrected chi connectivity index (χ2v) is 7.21. The molecular weight excluding hydrogens is 344 g/mol. The van der Waals surface area contributed by atoms with Crippen molar-refractivity contribution in [1.29, 1.82) is 0 Å². The first-order valence-electron chi connectivity index (χ1n) is 8.32. The molecule has 1 aliphatic heterocycles. The number of anilines is 1. The van der Waals surface area contributed by atoms with Gasteiger partial charge in [-0.3, -0.25) is 14.4 Å². The molecule has 1 aromatic rings. The molecule has 1 atom stereocenters. The Kier molecular flexibility index (Phi) is 6.86. The van der Waals surface area contributed by atoms with Crippen LogP contribution in [0.3, 0.4) is 0 Å². The topological polar surface area (TPSA) is 95.8 Å². The highest BCUT2D eigenvalue weighted by atomic mass is 32.2. The van der Waals surface area contributed by atoms with E-state index in [1.165, 1.54) is 11.8 Å². The zero-order valence-corrected chi connectivity index (χ0v) is 15.6. The van der Waals surface area contributed by atoms with Gasteiger partial charge in [0.15, 0.2) is 5.82 Å². The zero-order valence-electron chi connectivity index (χ0n) is 14.8. The van der Waals surface area contributed by atoms with E-state index in [-0.39, 0.29) is 28.7 Å². The lowest BCUT2D eigenvalue weighted by molar-refractivity contribution is -0.137. The van der Waals surface area contributed by atoms with Gasteiger partial charge in [-0.05, 0) is 13.8 Å². The van der Waals surface area contributed by atoms with Gasteiger partial charge in [0.2, 0.25) is 17.7 Å². The first kappa shape index (κ1) is 19.3. The van der Waals surface area contributed by atoms with Gasteiger partial charge in [0, 0.05) is 38.7 Å². The lowest BCUT2D eigenvalue weighted by Crippen LogP contribution is -2.51. The first-order chi connectivity index (χ1) is 11.9. The maximum Gasteiger partial charge on any atom is 0.238 e. The molecule has 2 rings (SSSR count). The standard InChI is InChI=1S/C16H24N4O4S/c1-4-14(21)19-5-7-20(8-6-19)15(22)10-25-12(3)16(23)17-13-9-11(2)24-18-13/h9,12H,4-8,10H2,1-3H3,(H,17,18,23). The largest absolute Gasteiger partial charge is 0.360 e. The molecular formula is C16H24N4O4S. The molecule has 1 aromatic heterocycles. The molecule has 2 heterocycles. The number of aryl methyl sites for hydroxylation is 1. The van der Waals surface area contributed by atoms with E-state index >= 15 is 0 Å². The Morgan fingerprint density at radius 1 is 1.24 bits per heavy atom. The molecule has 8 nitrogen and oxygen atoms in total. The Labute approximate surface area is 151 Å². The SMILES string of the molecule is CCC(=O)N1CCN(C(=O)CSC(C)C(=O)Nc2cc(C)on2)CC1. The lowest BCUT2D eigenvalue weighted by Gasteiger charge is -2.34. The summed E-state index contributed by atoms with van der Waals surface area (Å²) < 4.78 is 4.90. The van der Waals surface area contributed by atoms with Crippen LogP contribution in [0.15, 0.2) is 10.6 Å². The maximum atomic E-state index is 12.3. The fourth-order valence-electron chi connectivity index (χ4n) is 2.45. The highest BCUT2D eigenvalue weighted by Gasteiger charge is 2.24. The van der Waals surface area contributed by atoms with Crippen LogP contribution >= 0.6 is 11.8 Å². The van der Waals surface area contributed by atoms with E-state index < -0.39 is 0 Å². The number of amides is 3. The van der Waals surface area contributed by atoms with E-state index in [0.717, 1.165) is 0 Å². The van der Waals surface area contributed by atoms with Gasteiger partial charge >= 0.3 is 0 Å². The number of rotatable bonds is 6. The molecule has 3 amide bonds. The summed E-state index contributed by atoms with van der Waals surface area (Å²) in [5.41, 5.74) is 0. The first-order valence-corrected chi connectivity index (χ1v) is 9.37. The molecule has 0 aromatic carbocycles. The molecule has 9 heteroatoms. The number of thioether (sulfide) groups is 1. The summed E-state index contributed by atoms with van der Waals surface area (Å²) >= 11 is 1.28. The third-order valence-electron chi connectivity index (χ3n) is 3.99. The smallest absolute Gasteiger partial charge is 0.238 e. The monoisotopic (exact) mass is 368 g/mol. The van der Waals surface area contributed by atoms with Crippen molar-refractivity contribution in [3.63, 3.8) is 0 Å². The fraction of sp³-hybridized carbons (Fsp3) is 0.625. The van der Waals surface area contributed by atoms with Crippen molar-refractivity contribution < 1.29 is 18.9 Å². The maximum absolute atomic E-state index is 12.3. The van der Waals surface area contributed by atoms with Crippen LogP contribution in [0.25, 0.3) is 0 Å². The summed E-state index contributed by atoms with van der Waals surface area (Å²) in [6.45, 7) is 7.57. The summed E-state index contributed by atoms with van der Waals surface area (Å²) in [5.74, 6) is 1.11. The van der Waals surface area contributed by atoms with Crippen molar-refractivity contribution in [3.8, 4) is 0 Å². The van der Waals surface area contributed by atoms with Gasteiger partial charge in [-0.15, -0.1) is 11.8 Å². The number of nitrogens with zero attached hydrogens (tertiary/aromatic N) is 3. The molecule has 1 aliphatic rings. The Hall–Kier alpha value is -2.03. The summed E-state index contributed by atoms with van der Waals surface area (Å²) in [4.78, 5) is 39.5. The summed E-state index contributed by atoms with van der Waals surface area (Å²) in [5, 5.41) is 5.98. The molecule has 1 saturated heterocycles. The average Bonchev–Trinajstić information content (AvgIpc) is 3.03. The predicted molar refractivity (Wildman–Crippen MR) is 95.2 cm³/mol. The minimum absolute atomic E-state index is 0.00877. The van der Waals surface area contributed by atoms with Crippen LogP contribution in [0.4, 0.5) is 5.82 Å². The average molecular weight is 368 g/mol. The summed E-state index contributed by atoms with van der Waals surface area (Å²) in [7, 11) is 0. The van der Waals surface area contributed by atoms with Crippen LogP contribution in [-0.2, 0) is 14.4 Å². The van der Waals surface area contributed by atoms with E-state index in [9.17, 15) is 14.4 Å². The van der Waals surface area contributed by atoms with Crippen LogP contribution in [0, 0.1) is 6.92 Å². The van der Waals surface area contributed by atoms with Gasteiger partial charge in [-0.25, -0.2) is 0 Å². The molecule has 1 N–H and O–H groups in total. The second-order valence-electron chi connectivity index (χ2n) is 5.88. The van der Waals surface area contributed by atoms with Crippen molar-refractivity contribution >= 4 is 35.3 Å². The van der Waals surface area contributed by atoms with Gasteiger partial charge in [-0.2, -0.15) is 0 Å². The molecule has 0 spiro atoms. The highest BCUT2D eigenvalue weighted by Crippen LogP contribution is 2.15. The molecule has 0 aliphatic carbocycles. The third-order valence-corrected chi connectivity index (χ3v) is 5.12. The molecule has 25 heavy (non-hydrogen) atoms. The van der Waals surface area contributed by atoms with Crippen molar-refractivity contribution in [3.05, 3.63) is 11.8 Å². The Morgan fingerprint density at radius 2 is 1.84 bits per heavy atom. The van der Waals surface area contributed by atoms with E-state index in [4.69, 9.17) is 4.52 Å². The summed E-state index contributed by atoms with van der Waals surface area (Å²) in [6, 6.07) is 1.64. The van der Waals surface area contributed by atoms with Gasteiger partial charge in [0.1, 0.15) is 5.76 Å². The lowest BCUT2D eigenvalue weighted by atomic mass is 10.3. The normalized spacial score (nSPS) is 15.8. The number of hydrogen-bond donors (Lipinski definition) is 1. The Morgan fingerprint density at radius 3 is 2.36 bits per heavy atom. The minimum Gasteiger partial charge on any atom is -0.360 e. The van der Waals surface area contributed by atoms with Crippen LogP contribution in [0.1, 0.15) is 26.0 Å². The minimum atomic E-state index is -0.385. The zero-order chi connectivity index (χ0) is 18.4. The van der Waals surface area contributed by atoms with Gasteiger partial charge < -0.3 is 19.6 Å². The van der Waals surface area contributed by atoms with E-state index in [2.05, 4.69) is 10.5 Å². The Balaban J connectivity index is 1.72. The fourth-order valence-corrected chi connectivity index (χ4v) is 3.23. The van der Waals surface area contributed by atoms with E-state index in [1.54, 1.807) is 29.7 Å². The predicted octanol–water partition coefficient (Wildman–Crippen LogP) is 1.12. The van der Waals surface area contributed by atoms with E-state index in [0.29, 0.717) is 44.2 Å². The van der Waals surface area contributed by atoms with Crippen molar-refractivity contribution in [2.75, 3.05) is 37.2 Å². The molecule has 0 radical (unpaired) electrons. The van der Waals surface area contributed by atoms with Crippen molar-refractivity contribution in [2.24, 2.45) is 0 Å². The molecule has 0 saturated carbocycles. The van der Waals surface area contributed by atoms with Crippen molar-refractivity contribution in [2.45, 2.75) is 32.4 Å². The number of aromatic nitrogens is 1. The molecule has 1 fully saturated rings. The second kappa shape index (κ2) is 8.89. The van der Waals surface area contributed by atoms with E-state index in [1.807, 2.05) is 6.92 Å². The van der Waals surface area contributed by atoms with Crippen LogP contribution in [-0.4, -0.2) is 69.9 Å². The summed E-state index contributed by atoms with van der Waals surface area (Å²) in [6.07, 6.45) is 0.488. The highest BCUT2D eigenvalue weighted by molar-refractivity contribution is 8.01. The molecule has 138 valence electrons. The van der Waals surface area contributed by atoms with Gasteiger partial charge in [0.25, 0.3) is 0 Å². The third kappa shape index (κ3) is 5.48. The Bertz CT molecular complexity index is 625. The number of hydrogen-bond acceptors (Lipinski definition) is 6. The van der Waals surface area contributed by atoms with Gasteiger partial charge in [-0.1, -0.05) is 12.1 Å². The number of carbonyl (C=O) groups is 3. The van der Waals surface area contributed by atoms with Crippen LogP contribution in [0.5, 0.6) is 0 Å². The quantitative estimate of drug-likeness (QED) is 0.808. The van der Waals surface area contributed by atoms with Crippen LogP contribution < -0.4 is 5.32 Å². The number of carbonyl (C=O) groups excluding carboxylic acids is 3. The molecule has 0 bridgehead atoms. The van der Waals surface area contributed by atoms with Gasteiger partial charge in [0.05, 0.1) is 11.0 Å². The van der Waals surface area contributed by atoms with Crippen molar-refractivity contribution in [1.82, 2.24) is 15.0 Å². The number of piperazine rings is 1. The van der Waals surface area contributed by atoms with Crippen LogP contribution in [0.2, 0.25) is 0 Å². The molecule has 1 unspecified atom stereocenters.